The maximum absolute atomic E-state index is 13.0. The second-order valence-electron chi connectivity index (χ2n) is 4.52. The first-order valence-corrected chi connectivity index (χ1v) is 7.74. The van der Waals surface area contributed by atoms with E-state index < -0.39 is 11.9 Å². The van der Waals surface area contributed by atoms with E-state index in [0.717, 1.165) is 9.85 Å². The zero-order chi connectivity index (χ0) is 15.9. The fourth-order valence-electron chi connectivity index (χ4n) is 2.00. The largest absolute Gasteiger partial charge is 0.435 e. The predicted octanol–water partition coefficient (Wildman–Crippen LogP) is 4.96. The molecule has 2 aromatic heterocycles. The zero-order valence-corrected chi connectivity index (χ0v) is 13.3. The molecule has 0 saturated carbocycles. The number of hydrogen-bond donors (Lipinski definition) is 1. The van der Waals surface area contributed by atoms with E-state index in [9.17, 15) is 13.2 Å². The van der Waals surface area contributed by atoms with Crippen LogP contribution in [0, 0.1) is 0 Å². The van der Waals surface area contributed by atoms with Crippen molar-refractivity contribution in [3.8, 4) is 16.3 Å². The Hall–Kier alpha value is -1.80. The number of alkyl halides is 3. The Morgan fingerprint density at radius 1 is 1.14 bits per heavy atom. The van der Waals surface area contributed by atoms with Gasteiger partial charge in [0.2, 0.25) is 0 Å². The van der Waals surface area contributed by atoms with Crippen LogP contribution in [0.25, 0.3) is 16.3 Å². The number of anilines is 1. The third-order valence-electron chi connectivity index (χ3n) is 2.94. The van der Waals surface area contributed by atoms with Crippen LogP contribution < -0.4 is 5.73 Å². The van der Waals surface area contributed by atoms with Gasteiger partial charge in [-0.25, -0.2) is 4.68 Å². The highest BCUT2D eigenvalue weighted by molar-refractivity contribution is 9.11. The zero-order valence-electron chi connectivity index (χ0n) is 10.9. The summed E-state index contributed by atoms with van der Waals surface area (Å²) >= 11 is 4.65. The van der Waals surface area contributed by atoms with Crippen molar-refractivity contribution in [3.05, 3.63) is 51.9 Å². The standard InChI is InChI=1S/C14H9BrF3N3S/c15-13-5-4-11(22-13)10-7-12(14(16,17)18)20-21(10)9-3-1-2-8(19)6-9/h1-7H,19H2. The molecule has 1 aromatic carbocycles. The topological polar surface area (TPSA) is 43.8 Å². The number of nitrogen functional groups attached to an aromatic ring is 1. The van der Waals surface area contributed by atoms with Crippen molar-refractivity contribution in [2.75, 3.05) is 5.73 Å². The van der Waals surface area contributed by atoms with Gasteiger partial charge in [0, 0.05) is 5.69 Å². The molecular weight excluding hydrogens is 379 g/mol. The molecular formula is C14H9BrF3N3S. The van der Waals surface area contributed by atoms with Gasteiger partial charge in [-0.1, -0.05) is 6.07 Å². The first kappa shape index (κ1) is 15.1. The Bertz CT molecular complexity index is 823. The average Bonchev–Trinajstić information content (AvgIpc) is 3.03. The first-order chi connectivity index (χ1) is 10.3. The molecule has 0 amide bonds. The summed E-state index contributed by atoms with van der Waals surface area (Å²) in [4.78, 5) is 0.678. The van der Waals surface area contributed by atoms with E-state index in [-0.39, 0.29) is 0 Å². The summed E-state index contributed by atoms with van der Waals surface area (Å²) < 4.78 is 41.1. The minimum Gasteiger partial charge on any atom is -0.399 e. The van der Waals surface area contributed by atoms with Gasteiger partial charge in [-0.15, -0.1) is 11.3 Å². The minimum absolute atomic E-state index is 0.369. The number of nitrogens with two attached hydrogens (primary N) is 1. The van der Waals surface area contributed by atoms with Gasteiger partial charge in [0.05, 0.1) is 20.0 Å². The average molecular weight is 388 g/mol. The van der Waals surface area contributed by atoms with E-state index in [0.29, 0.717) is 21.9 Å². The van der Waals surface area contributed by atoms with Crippen LogP contribution in [0.3, 0.4) is 0 Å². The van der Waals surface area contributed by atoms with E-state index in [4.69, 9.17) is 5.73 Å². The van der Waals surface area contributed by atoms with E-state index in [2.05, 4.69) is 21.0 Å². The molecule has 0 saturated heterocycles. The fourth-order valence-corrected chi connectivity index (χ4v) is 3.39. The molecule has 0 aliphatic carbocycles. The number of halogens is 4. The van der Waals surface area contributed by atoms with Gasteiger partial charge in [-0.3, -0.25) is 0 Å². The quantitative estimate of drug-likeness (QED) is 0.631. The number of nitrogens with zero attached hydrogens (tertiary/aromatic N) is 2. The molecule has 0 unspecified atom stereocenters. The molecule has 3 nitrogen and oxygen atoms in total. The van der Waals surface area contributed by atoms with Crippen LogP contribution in [0.1, 0.15) is 5.69 Å². The Kier molecular flexibility index (Phi) is 3.73. The van der Waals surface area contributed by atoms with Crippen molar-refractivity contribution >= 4 is 33.0 Å². The van der Waals surface area contributed by atoms with Crippen LogP contribution in [-0.2, 0) is 6.18 Å². The summed E-state index contributed by atoms with van der Waals surface area (Å²) in [5.74, 6) is 0. The summed E-state index contributed by atoms with van der Waals surface area (Å²) in [6, 6.07) is 11.2. The second-order valence-corrected chi connectivity index (χ2v) is 6.99. The molecule has 3 aromatic rings. The molecule has 0 bridgehead atoms. The maximum Gasteiger partial charge on any atom is 0.435 e. The summed E-state index contributed by atoms with van der Waals surface area (Å²) in [5, 5.41) is 3.71. The van der Waals surface area contributed by atoms with Crippen LogP contribution in [-0.4, -0.2) is 9.78 Å². The Labute approximate surface area is 136 Å². The molecule has 114 valence electrons. The number of aromatic nitrogens is 2. The summed E-state index contributed by atoms with van der Waals surface area (Å²) in [5.41, 5.74) is 6.09. The van der Waals surface area contributed by atoms with E-state index in [1.807, 2.05) is 0 Å². The van der Waals surface area contributed by atoms with Crippen molar-refractivity contribution in [2.45, 2.75) is 6.18 Å². The van der Waals surface area contributed by atoms with Crippen LogP contribution >= 0.6 is 27.3 Å². The van der Waals surface area contributed by atoms with Gasteiger partial charge in [-0.2, -0.15) is 18.3 Å². The van der Waals surface area contributed by atoms with Gasteiger partial charge < -0.3 is 5.73 Å². The highest BCUT2D eigenvalue weighted by Crippen LogP contribution is 2.37. The minimum atomic E-state index is -4.51. The molecule has 0 radical (unpaired) electrons. The number of thiophene rings is 1. The van der Waals surface area contributed by atoms with Crippen LogP contribution in [0.2, 0.25) is 0 Å². The lowest BCUT2D eigenvalue weighted by molar-refractivity contribution is -0.141. The summed E-state index contributed by atoms with van der Waals surface area (Å²) in [6.45, 7) is 0. The van der Waals surface area contributed by atoms with Gasteiger partial charge in [0.1, 0.15) is 0 Å². The molecule has 0 atom stereocenters. The smallest absolute Gasteiger partial charge is 0.399 e. The van der Waals surface area contributed by atoms with E-state index in [1.165, 1.54) is 16.0 Å². The molecule has 22 heavy (non-hydrogen) atoms. The predicted molar refractivity (Wildman–Crippen MR) is 84.0 cm³/mol. The Balaban J connectivity index is 2.21. The molecule has 0 aliphatic heterocycles. The van der Waals surface area contributed by atoms with Gasteiger partial charge in [-0.05, 0) is 52.3 Å². The van der Waals surface area contributed by atoms with Crippen LogP contribution in [0.15, 0.2) is 46.3 Å². The SMILES string of the molecule is Nc1cccc(-n2nc(C(F)(F)F)cc2-c2ccc(Br)s2)c1. The molecule has 2 N–H and O–H groups in total. The molecule has 2 heterocycles. The molecule has 0 aliphatic rings. The lowest BCUT2D eigenvalue weighted by atomic mass is 10.2. The first-order valence-electron chi connectivity index (χ1n) is 6.13. The van der Waals surface area contributed by atoms with Gasteiger partial charge in [0.25, 0.3) is 0 Å². The number of hydrogen-bond acceptors (Lipinski definition) is 3. The van der Waals surface area contributed by atoms with Crippen molar-refractivity contribution < 1.29 is 13.2 Å². The summed E-state index contributed by atoms with van der Waals surface area (Å²) in [6.07, 6.45) is -4.51. The third-order valence-corrected chi connectivity index (χ3v) is 4.59. The monoisotopic (exact) mass is 387 g/mol. The second kappa shape index (κ2) is 5.44. The third kappa shape index (κ3) is 2.89. The van der Waals surface area contributed by atoms with Crippen LogP contribution in [0.5, 0.6) is 0 Å². The molecule has 3 rings (SSSR count). The van der Waals surface area contributed by atoms with Crippen molar-refractivity contribution in [1.29, 1.82) is 0 Å². The van der Waals surface area contributed by atoms with Gasteiger partial charge >= 0.3 is 6.18 Å². The summed E-state index contributed by atoms with van der Waals surface area (Å²) in [7, 11) is 0. The maximum atomic E-state index is 13.0. The van der Waals surface area contributed by atoms with Crippen molar-refractivity contribution in [3.63, 3.8) is 0 Å². The highest BCUT2D eigenvalue weighted by Gasteiger charge is 2.35. The molecule has 8 heteroatoms. The van der Waals surface area contributed by atoms with E-state index in [1.54, 1.807) is 36.4 Å². The lowest BCUT2D eigenvalue weighted by Gasteiger charge is -2.07. The van der Waals surface area contributed by atoms with Crippen LogP contribution in [0.4, 0.5) is 18.9 Å². The lowest BCUT2D eigenvalue weighted by Crippen LogP contribution is -2.07. The van der Waals surface area contributed by atoms with E-state index >= 15 is 0 Å². The van der Waals surface area contributed by atoms with Gasteiger partial charge in [0.15, 0.2) is 5.69 Å². The number of benzene rings is 1. The fraction of sp³-hybridized carbons (Fsp3) is 0.0714. The molecule has 0 spiro atoms. The molecule has 0 fully saturated rings. The highest BCUT2D eigenvalue weighted by atomic mass is 79.9. The van der Waals surface area contributed by atoms with Crippen molar-refractivity contribution in [1.82, 2.24) is 9.78 Å². The van der Waals surface area contributed by atoms with Crippen molar-refractivity contribution in [2.24, 2.45) is 0 Å². The number of rotatable bonds is 2. The Morgan fingerprint density at radius 2 is 1.91 bits per heavy atom. The normalized spacial score (nSPS) is 11.8. The Morgan fingerprint density at radius 3 is 2.50 bits per heavy atom.